The molecule has 0 aliphatic carbocycles. The lowest BCUT2D eigenvalue weighted by atomic mass is 9.97. The Labute approximate surface area is 193 Å². The van der Waals surface area contributed by atoms with Crippen molar-refractivity contribution in [2.45, 2.75) is 55.5 Å². The van der Waals surface area contributed by atoms with Crippen molar-refractivity contribution >= 4 is 41.3 Å². The lowest BCUT2D eigenvalue weighted by molar-refractivity contribution is -0.201. The molecular weight excluding hydrogens is 466 g/mol. The van der Waals surface area contributed by atoms with Crippen LogP contribution in [0, 0.1) is 0 Å². The third-order valence-electron chi connectivity index (χ3n) is 4.23. The number of hydrogen-bond acceptors (Lipinski definition) is 10. The topological polar surface area (TPSA) is 146 Å². The summed E-state index contributed by atoms with van der Waals surface area (Å²) >= 11 is 7.20. The number of benzene rings is 1. The second-order valence-electron chi connectivity index (χ2n) is 6.60. The van der Waals surface area contributed by atoms with Crippen LogP contribution in [0.1, 0.15) is 20.8 Å². The molecule has 0 saturated carbocycles. The number of methoxy groups -OCH3 is 1. The molecule has 1 aromatic carbocycles. The molecule has 1 aromatic rings. The lowest BCUT2D eigenvalue weighted by Crippen LogP contribution is -2.59. The number of rotatable bonds is 8. The molecule has 2 unspecified atom stereocenters. The van der Waals surface area contributed by atoms with Gasteiger partial charge in [0.2, 0.25) is 0 Å². The Hall–Kier alpha value is -2.66. The second-order valence-corrected chi connectivity index (χ2v) is 8.18. The van der Waals surface area contributed by atoms with Gasteiger partial charge in [0.1, 0.15) is 42.1 Å². The molecule has 0 radical (unpaired) electrons. The number of carbonyl (C=O) groups is 3. The third-order valence-corrected chi connectivity index (χ3v) is 5.65. The first-order valence-electron chi connectivity index (χ1n) is 9.34. The van der Waals surface area contributed by atoms with Gasteiger partial charge in [0.15, 0.2) is 0 Å². The van der Waals surface area contributed by atoms with E-state index in [-0.39, 0.29) is 6.61 Å². The molecule has 1 fully saturated rings. The molecule has 2 rings (SSSR count). The smallest absolute Gasteiger partial charge is 0.303 e. The minimum Gasteiger partial charge on any atom is -0.496 e. The van der Waals surface area contributed by atoms with Gasteiger partial charge < -0.3 is 23.7 Å². The van der Waals surface area contributed by atoms with Gasteiger partial charge in [-0.15, -0.1) is 0 Å². The van der Waals surface area contributed by atoms with Gasteiger partial charge in [-0.25, -0.2) is 0 Å². The highest BCUT2D eigenvalue weighted by Crippen LogP contribution is 2.41. The molecule has 1 heterocycles. The van der Waals surface area contributed by atoms with Crippen LogP contribution in [0.2, 0.25) is 5.02 Å². The number of halogens is 1. The number of thioether (sulfide) groups is 1. The van der Waals surface area contributed by atoms with Gasteiger partial charge in [0, 0.05) is 30.7 Å². The Morgan fingerprint density at radius 1 is 1.16 bits per heavy atom. The van der Waals surface area contributed by atoms with Crippen molar-refractivity contribution in [1.82, 2.24) is 0 Å². The van der Waals surface area contributed by atoms with Gasteiger partial charge in [-0.05, 0) is 23.7 Å². The van der Waals surface area contributed by atoms with Gasteiger partial charge in [-0.3, -0.25) is 14.4 Å². The minimum absolute atomic E-state index is 0.290. The summed E-state index contributed by atoms with van der Waals surface area (Å²) in [4.78, 5) is 38.2. The van der Waals surface area contributed by atoms with Gasteiger partial charge in [-0.1, -0.05) is 28.5 Å². The maximum Gasteiger partial charge on any atom is 0.303 e. The van der Waals surface area contributed by atoms with Crippen LogP contribution in [-0.2, 0) is 33.3 Å². The first-order chi connectivity index (χ1) is 15.2. The molecule has 0 aromatic heterocycles. The summed E-state index contributed by atoms with van der Waals surface area (Å²) < 4.78 is 27.1. The van der Waals surface area contributed by atoms with Gasteiger partial charge in [0.25, 0.3) is 0 Å². The highest BCUT2D eigenvalue weighted by molar-refractivity contribution is 8.00. The first kappa shape index (κ1) is 25.6. The predicted octanol–water partition coefficient (Wildman–Crippen LogP) is 3.27. The number of ether oxygens (including phenoxy) is 5. The van der Waals surface area contributed by atoms with E-state index in [4.69, 9.17) is 40.8 Å². The Morgan fingerprint density at radius 3 is 2.38 bits per heavy atom. The summed E-state index contributed by atoms with van der Waals surface area (Å²) in [6.45, 7) is 3.26. The molecular formula is C19H22ClN3O8S. The summed E-state index contributed by atoms with van der Waals surface area (Å²) in [6, 6.07) is 3.75. The van der Waals surface area contributed by atoms with Crippen molar-refractivity contribution in [3.63, 3.8) is 0 Å². The van der Waals surface area contributed by atoms with Crippen LogP contribution < -0.4 is 4.74 Å². The Kier molecular flexibility index (Phi) is 9.45. The van der Waals surface area contributed by atoms with E-state index >= 15 is 0 Å². The zero-order valence-electron chi connectivity index (χ0n) is 17.7. The Balaban J connectivity index is 2.50. The summed E-state index contributed by atoms with van der Waals surface area (Å²) in [5.41, 5.74) is 8.18. The molecule has 0 amide bonds. The van der Waals surface area contributed by atoms with E-state index in [0.717, 1.165) is 18.7 Å². The van der Waals surface area contributed by atoms with Crippen LogP contribution in [-0.4, -0.2) is 61.4 Å². The molecule has 32 heavy (non-hydrogen) atoms. The summed E-state index contributed by atoms with van der Waals surface area (Å²) in [5, 5.41) is 4.14. The fourth-order valence-electron chi connectivity index (χ4n) is 3.04. The summed E-state index contributed by atoms with van der Waals surface area (Å²) in [5.74, 6) is -1.46. The van der Waals surface area contributed by atoms with Crippen LogP contribution in [0.25, 0.3) is 10.4 Å². The number of carbonyl (C=O) groups excluding carboxylic acids is 3. The van der Waals surface area contributed by atoms with Crippen molar-refractivity contribution in [3.8, 4) is 5.75 Å². The monoisotopic (exact) mass is 487 g/mol. The van der Waals surface area contributed by atoms with Crippen molar-refractivity contribution < 1.29 is 38.1 Å². The van der Waals surface area contributed by atoms with E-state index < -0.39 is 47.7 Å². The largest absolute Gasteiger partial charge is 0.496 e. The van der Waals surface area contributed by atoms with Crippen molar-refractivity contribution in [3.05, 3.63) is 33.7 Å². The maximum atomic E-state index is 11.8. The first-order valence-corrected chi connectivity index (χ1v) is 10.6. The Bertz CT molecular complexity index is 911. The van der Waals surface area contributed by atoms with Crippen molar-refractivity contribution in [2.24, 2.45) is 5.11 Å². The zero-order valence-corrected chi connectivity index (χ0v) is 19.3. The van der Waals surface area contributed by atoms with Crippen LogP contribution >= 0.6 is 23.4 Å². The second kappa shape index (κ2) is 11.8. The van der Waals surface area contributed by atoms with E-state index in [1.165, 1.54) is 21.0 Å². The SMILES string of the molecule is COc1ccc(Cl)cc1S[C@H]1OC(COC(C)=O)[C@H](OC(C)=O)[C@H](N=[N+]=[N-])C1OC(C)=O. The number of nitrogens with zero attached hydrogens (tertiary/aromatic N) is 3. The summed E-state index contributed by atoms with van der Waals surface area (Å²) in [6.07, 6.45) is -3.33. The molecule has 11 nitrogen and oxygen atoms in total. The quantitative estimate of drug-likeness (QED) is 0.177. The molecule has 1 aliphatic rings. The molecule has 5 atom stereocenters. The van der Waals surface area contributed by atoms with Crippen LogP contribution in [0.3, 0.4) is 0 Å². The summed E-state index contributed by atoms with van der Waals surface area (Å²) in [7, 11) is 1.47. The van der Waals surface area contributed by atoms with E-state index in [2.05, 4.69) is 10.0 Å². The average molecular weight is 488 g/mol. The van der Waals surface area contributed by atoms with E-state index in [1.807, 2.05) is 0 Å². The van der Waals surface area contributed by atoms with Crippen LogP contribution in [0.5, 0.6) is 5.75 Å². The van der Waals surface area contributed by atoms with E-state index in [1.54, 1.807) is 18.2 Å². The molecule has 0 N–H and O–H groups in total. The molecule has 1 aliphatic heterocycles. The van der Waals surface area contributed by atoms with Gasteiger partial charge >= 0.3 is 17.9 Å². The van der Waals surface area contributed by atoms with E-state index in [0.29, 0.717) is 15.7 Å². The molecule has 174 valence electrons. The fraction of sp³-hybridized carbons (Fsp3) is 0.526. The third kappa shape index (κ3) is 6.92. The van der Waals surface area contributed by atoms with Gasteiger partial charge in [0.05, 0.1) is 12.0 Å². The predicted molar refractivity (Wildman–Crippen MR) is 113 cm³/mol. The average Bonchev–Trinajstić information content (AvgIpc) is 2.70. The minimum atomic E-state index is -1.18. The number of esters is 3. The highest BCUT2D eigenvalue weighted by atomic mass is 35.5. The fourth-order valence-corrected chi connectivity index (χ4v) is 4.53. The lowest BCUT2D eigenvalue weighted by Gasteiger charge is -2.43. The normalized spacial score (nSPS) is 24.6. The highest BCUT2D eigenvalue weighted by Gasteiger charge is 2.50. The zero-order chi connectivity index (χ0) is 23.8. The van der Waals surface area contributed by atoms with Crippen molar-refractivity contribution in [2.75, 3.05) is 13.7 Å². The van der Waals surface area contributed by atoms with Gasteiger partial charge in [-0.2, -0.15) is 0 Å². The molecule has 1 saturated heterocycles. The molecule has 0 spiro atoms. The standard InChI is InChI=1S/C19H22ClN3O8S/c1-9(24)28-8-14-17(29-10(2)25)16(22-23-21)18(30-11(3)26)19(31-14)32-15-7-12(20)5-6-13(15)27-4/h5-7,14,16-19H,8H2,1-4H3/t14?,16-,17-,18?,19+/m0/s1. The molecule has 0 bridgehead atoms. The number of hydrogen-bond donors (Lipinski definition) is 0. The van der Waals surface area contributed by atoms with Crippen LogP contribution in [0.4, 0.5) is 0 Å². The van der Waals surface area contributed by atoms with E-state index in [9.17, 15) is 14.4 Å². The van der Waals surface area contributed by atoms with Crippen molar-refractivity contribution in [1.29, 1.82) is 0 Å². The number of azide groups is 1. The Morgan fingerprint density at radius 2 is 1.81 bits per heavy atom. The van der Waals surface area contributed by atoms with Crippen LogP contribution in [0.15, 0.2) is 28.2 Å². The molecule has 13 heteroatoms. The maximum absolute atomic E-state index is 11.8.